The summed E-state index contributed by atoms with van der Waals surface area (Å²) >= 11 is 0. The Hall–Kier alpha value is -3.81. The molecule has 0 radical (unpaired) electrons. The van der Waals surface area contributed by atoms with E-state index in [2.05, 4.69) is 79.4 Å². The Labute approximate surface area is 192 Å². The fourth-order valence-electron chi connectivity index (χ4n) is 4.56. The Morgan fingerprint density at radius 3 is 2.27 bits per heavy atom. The van der Waals surface area contributed by atoms with Crippen LogP contribution in [0.4, 0.5) is 5.82 Å². The summed E-state index contributed by atoms with van der Waals surface area (Å²) in [5, 5.41) is 19.0. The number of piperidine rings is 1. The van der Waals surface area contributed by atoms with Gasteiger partial charge < -0.3 is 10.2 Å². The van der Waals surface area contributed by atoms with E-state index in [1.165, 1.54) is 15.8 Å². The first kappa shape index (κ1) is 21.1. The predicted molar refractivity (Wildman–Crippen MR) is 126 cm³/mol. The molecule has 1 amide bonds. The minimum Gasteiger partial charge on any atom is -0.356 e. The molecule has 2 aromatic carbocycles. The lowest BCUT2D eigenvalue weighted by Gasteiger charge is -2.32. The number of nitrogens with one attached hydrogen (secondary N) is 1. The van der Waals surface area contributed by atoms with Crippen LogP contribution in [0, 0.1) is 5.92 Å². The fraction of sp³-hybridized carbons (Fsp3) is 0.320. The third kappa shape index (κ3) is 4.84. The lowest BCUT2D eigenvalue weighted by atomic mass is 9.88. The van der Waals surface area contributed by atoms with Crippen molar-refractivity contribution in [2.75, 3.05) is 24.5 Å². The summed E-state index contributed by atoms with van der Waals surface area (Å²) in [6.45, 7) is 2.23. The first-order chi connectivity index (χ1) is 16.3. The molecule has 1 N–H and O–H groups in total. The highest BCUT2D eigenvalue weighted by Crippen LogP contribution is 2.28. The number of nitrogens with zero attached hydrogens (tertiary/aromatic N) is 6. The van der Waals surface area contributed by atoms with E-state index >= 15 is 0 Å². The van der Waals surface area contributed by atoms with Crippen molar-refractivity contribution in [3.63, 3.8) is 0 Å². The van der Waals surface area contributed by atoms with Gasteiger partial charge in [0.05, 0.1) is 0 Å². The van der Waals surface area contributed by atoms with Crippen LogP contribution in [-0.2, 0) is 4.79 Å². The predicted octanol–water partition coefficient (Wildman–Crippen LogP) is 3.07. The molecular weight excluding hydrogens is 414 g/mol. The van der Waals surface area contributed by atoms with Crippen LogP contribution in [-0.4, -0.2) is 50.8 Å². The normalized spacial score (nSPS) is 14.6. The average molecular weight is 442 g/mol. The van der Waals surface area contributed by atoms with E-state index < -0.39 is 0 Å². The number of aromatic nitrogens is 5. The lowest BCUT2D eigenvalue weighted by molar-refractivity contribution is -0.125. The molecule has 1 saturated heterocycles. The van der Waals surface area contributed by atoms with Crippen molar-refractivity contribution >= 4 is 17.4 Å². The Balaban J connectivity index is 1.15. The molecule has 0 aliphatic carbocycles. The molecule has 3 heterocycles. The van der Waals surface area contributed by atoms with Crippen molar-refractivity contribution < 1.29 is 4.79 Å². The highest BCUT2D eigenvalue weighted by molar-refractivity contribution is 5.79. The molecule has 0 unspecified atom stereocenters. The Morgan fingerprint density at radius 2 is 1.61 bits per heavy atom. The van der Waals surface area contributed by atoms with Gasteiger partial charge in [-0.15, -0.1) is 14.8 Å². The number of benzene rings is 2. The molecule has 1 aliphatic rings. The van der Waals surface area contributed by atoms with E-state index in [0.29, 0.717) is 12.2 Å². The highest BCUT2D eigenvalue weighted by Gasteiger charge is 2.26. The Bertz CT molecular complexity index is 1150. The molecule has 4 aromatic rings. The highest BCUT2D eigenvalue weighted by atomic mass is 16.1. The molecule has 1 fully saturated rings. The summed E-state index contributed by atoms with van der Waals surface area (Å²) in [6, 6.07) is 24.8. The maximum Gasteiger partial charge on any atom is 0.223 e. The summed E-state index contributed by atoms with van der Waals surface area (Å²) < 4.78 is 1.43. The van der Waals surface area contributed by atoms with Gasteiger partial charge in [0.2, 0.25) is 5.91 Å². The number of carbonyl (C=O) groups excluding carboxylic acids is 1. The van der Waals surface area contributed by atoms with Gasteiger partial charge in [0.15, 0.2) is 11.5 Å². The van der Waals surface area contributed by atoms with Gasteiger partial charge in [-0.05, 0) is 52.9 Å². The van der Waals surface area contributed by atoms with Gasteiger partial charge in [-0.3, -0.25) is 4.79 Å². The molecule has 33 heavy (non-hydrogen) atoms. The van der Waals surface area contributed by atoms with Crippen LogP contribution >= 0.6 is 0 Å². The summed E-state index contributed by atoms with van der Waals surface area (Å²) in [7, 11) is 0. The standard InChI is InChI=1S/C25H27N7O/c33-25(21-14-17-31(18-15-21)24-12-11-23-27-29-30-32(23)28-24)26-16-13-22(19-7-3-1-4-8-19)20-9-5-2-6-10-20/h1-12,21-22H,13-18H2,(H,26,33). The van der Waals surface area contributed by atoms with Gasteiger partial charge in [0.25, 0.3) is 0 Å². The second-order valence-corrected chi connectivity index (χ2v) is 8.43. The van der Waals surface area contributed by atoms with E-state index in [4.69, 9.17) is 0 Å². The van der Waals surface area contributed by atoms with Crippen LogP contribution < -0.4 is 10.2 Å². The Morgan fingerprint density at radius 1 is 0.939 bits per heavy atom. The van der Waals surface area contributed by atoms with Crippen LogP contribution in [0.5, 0.6) is 0 Å². The molecule has 8 heteroatoms. The number of tetrazole rings is 1. The average Bonchev–Trinajstić information content (AvgIpc) is 3.36. The number of hydrogen-bond donors (Lipinski definition) is 1. The van der Waals surface area contributed by atoms with Gasteiger partial charge in [0, 0.05) is 31.5 Å². The monoisotopic (exact) mass is 441 g/mol. The lowest BCUT2D eigenvalue weighted by Crippen LogP contribution is -2.41. The molecule has 0 atom stereocenters. The van der Waals surface area contributed by atoms with Crippen molar-refractivity contribution in [3.8, 4) is 0 Å². The van der Waals surface area contributed by atoms with Crippen LogP contribution in [0.3, 0.4) is 0 Å². The zero-order chi connectivity index (χ0) is 22.5. The van der Waals surface area contributed by atoms with E-state index in [1.807, 2.05) is 24.3 Å². The maximum absolute atomic E-state index is 12.9. The van der Waals surface area contributed by atoms with Crippen molar-refractivity contribution in [1.29, 1.82) is 0 Å². The molecule has 8 nitrogen and oxygen atoms in total. The molecule has 2 aromatic heterocycles. The smallest absolute Gasteiger partial charge is 0.223 e. The van der Waals surface area contributed by atoms with Crippen molar-refractivity contribution in [1.82, 2.24) is 30.6 Å². The number of fused-ring (bicyclic) bond motifs is 1. The second kappa shape index (κ2) is 9.77. The summed E-state index contributed by atoms with van der Waals surface area (Å²) in [6.07, 6.45) is 2.48. The SMILES string of the molecule is O=C(NCCC(c1ccccc1)c1ccccc1)C1CCN(c2ccc3nnnn3n2)CC1. The third-order valence-electron chi connectivity index (χ3n) is 6.38. The second-order valence-electron chi connectivity index (χ2n) is 8.43. The van der Waals surface area contributed by atoms with Gasteiger partial charge >= 0.3 is 0 Å². The molecule has 0 bridgehead atoms. The van der Waals surface area contributed by atoms with E-state index in [9.17, 15) is 4.79 Å². The number of anilines is 1. The molecule has 0 saturated carbocycles. The van der Waals surface area contributed by atoms with Crippen LogP contribution in [0.25, 0.3) is 5.65 Å². The van der Waals surface area contributed by atoms with Crippen LogP contribution in [0.15, 0.2) is 72.8 Å². The first-order valence-electron chi connectivity index (χ1n) is 11.5. The number of amides is 1. The van der Waals surface area contributed by atoms with E-state index in [-0.39, 0.29) is 17.7 Å². The molecule has 0 spiro atoms. The van der Waals surface area contributed by atoms with Crippen LogP contribution in [0.1, 0.15) is 36.3 Å². The third-order valence-corrected chi connectivity index (χ3v) is 6.38. The molecule has 168 valence electrons. The van der Waals surface area contributed by atoms with Crippen molar-refractivity contribution in [3.05, 3.63) is 83.9 Å². The number of rotatable bonds is 7. The molecule has 5 rings (SSSR count). The summed E-state index contributed by atoms with van der Waals surface area (Å²) in [4.78, 5) is 15.0. The van der Waals surface area contributed by atoms with E-state index in [1.54, 1.807) is 0 Å². The number of hydrogen-bond acceptors (Lipinski definition) is 6. The largest absolute Gasteiger partial charge is 0.356 e. The number of carbonyl (C=O) groups is 1. The van der Waals surface area contributed by atoms with Gasteiger partial charge in [-0.1, -0.05) is 60.7 Å². The van der Waals surface area contributed by atoms with Gasteiger partial charge in [-0.25, -0.2) is 0 Å². The summed E-state index contributed by atoms with van der Waals surface area (Å²) in [5.74, 6) is 1.28. The molecule has 1 aliphatic heterocycles. The topological polar surface area (TPSA) is 88.3 Å². The fourth-order valence-corrected chi connectivity index (χ4v) is 4.56. The van der Waals surface area contributed by atoms with Crippen molar-refractivity contribution in [2.24, 2.45) is 5.92 Å². The van der Waals surface area contributed by atoms with E-state index in [0.717, 1.165) is 38.2 Å². The first-order valence-corrected chi connectivity index (χ1v) is 11.5. The van der Waals surface area contributed by atoms with Crippen molar-refractivity contribution in [2.45, 2.75) is 25.2 Å². The zero-order valence-corrected chi connectivity index (χ0v) is 18.4. The minimum atomic E-state index is 0.0323. The van der Waals surface area contributed by atoms with Crippen LogP contribution in [0.2, 0.25) is 0 Å². The quantitative estimate of drug-likeness (QED) is 0.474. The minimum absolute atomic E-state index is 0.0323. The summed E-state index contributed by atoms with van der Waals surface area (Å²) in [5.41, 5.74) is 3.17. The zero-order valence-electron chi connectivity index (χ0n) is 18.4. The molecular formula is C25H27N7O. The Kier molecular flexibility index (Phi) is 6.23. The van der Waals surface area contributed by atoms with Gasteiger partial charge in [0.1, 0.15) is 0 Å². The maximum atomic E-state index is 12.9. The van der Waals surface area contributed by atoms with Gasteiger partial charge in [-0.2, -0.15) is 0 Å².